The molecule has 0 aromatic heterocycles. The molecular formula is C15H21NO2. The molecule has 98 valence electrons. The molecule has 3 nitrogen and oxygen atoms in total. The zero-order valence-corrected chi connectivity index (χ0v) is 11.1. The molecule has 18 heavy (non-hydrogen) atoms. The third-order valence-electron chi connectivity index (χ3n) is 3.26. The minimum Gasteiger partial charge on any atom is -0.493 e. The predicted octanol–water partition coefficient (Wildman–Crippen LogP) is 2.57. The Morgan fingerprint density at radius 3 is 2.94 bits per heavy atom. The molecule has 0 spiro atoms. The van der Waals surface area contributed by atoms with Crippen LogP contribution in [-0.4, -0.2) is 18.4 Å². The van der Waals surface area contributed by atoms with Crippen molar-refractivity contribution in [3.05, 3.63) is 29.3 Å². The summed E-state index contributed by atoms with van der Waals surface area (Å²) in [5.74, 6) is 1.18. The number of aryl methyl sites for hydroxylation is 1. The van der Waals surface area contributed by atoms with E-state index in [0.29, 0.717) is 24.5 Å². The monoisotopic (exact) mass is 247 g/mol. The van der Waals surface area contributed by atoms with Crippen molar-refractivity contribution >= 4 is 5.78 Å². The number of ether oxygens (including phenoxy) is 1. The van der Waals surface area contributed by atoms with E-state index in [-0.39, 0.29) is 5.78 Å². The Morgan fingerprint density at radius 2 is 2.22 bits per heavy atom. The Labute approximate surface area is 108 Å². The van der Waals surface area contributed by atoms with Gasteiger partial charge in [0.05, 0.1) is 18.2 Å². The maximum absolute atomic E-state index is 12.3. The van der Waals surface area contributed by atoms with Crippen molar-refractivity contribution < 1.29 is 9.53 Å². The molecule has 0 amide bonds. The number of hydrogen-bond acceptors (Lipinski definition) is 3. The van der Waals surface area contributed by atoms with Crippen LogP contribution < -0.4 is 10.5 Å². The Hall–Kier alpha value is -1.35. The smallest absolute Gasteiger partial charge is 0.183 e. The summed E-state index contributed by atoms with van der Waals surface area (Å²) < 4.78 is 5.65. The summed E-state index contributed by atoms with van der Waals surface area (Å²) in [7, 11) is 0. The molecule has 1 aromatic carbocycles. The van der Waals surface area contributed by atoms with Crippen LogP contribution in [0.2, 0.25) is 0 Å². The molecule has 0 saturated heterocycles. The van der Waals surface area contributed by atoms with Crippen LogP contribution in [0.15, 0.2) is 18.2 Å². The van der Waals surface area contributed by atoms with E-state index in [4.69, 9.17) is 10.5 Å². The summed E-state index contributed by atoms with van der Waals surface area (Å²) in [4.78, 5) is 12.3. The number of carbonyl (C=O) groups excluding carboxylic acids is 1. The average molecular weight is 247 g/mol. The van der Waals surface area contributed by atoms with Crippen molar-refractivity contribution in [3.8, 4) is 5.75 Å². The lowest BCUT2D eigenvalue weighted by Gasteiger charge is -2.21. The number of hydrogen-bond donors (Lipinski definition) is 1. The van der Waals surface area contributed by atoms with Crippen molar-refractivity contribution in [1.82, 2.24) is 0 Å². The summed E-state index contributed by atoms with van der Waals surface area (Å²) in [5.41, 5.74) is 7.76. The number of ketones is 1. The van der Waals surface area contributed by atoms with Gasteiger partial charge in [-0.3, -0.25) is 4.79 Å². The Morgan fingerprint density at radius 1 is 1.44 bits per heavy atom. The topological polar surface area (TPSA) is 52.3 Å². The fourth-order valence-corrected chi connectivity index (χ4v) is 2.40. The van der Waals surface area contributed by atoms with Crippen LogP contribution in [0.25, 0.3) is 0 Å². The highest BCUT2D eigenvalue weighted by atomic mass is 16.5. The van der Waals surface area contributed by atoms with E-state index < -0.39 is 6.04 Å². The second kappa shape index (κ2) is 5.53. The van der Waals surface area contributed by atoms with Gasteiger partial charge in [-0.1, -0.05) is 26.0 Å². The summed E-state index contributed by atoms with van der Waals surface area (Å²) in [6.07, 6.45) is 2.71. The molecule has 1 atom stereocenters. The molecule has 0 saturated carbocycles. The third kappa shape index (κ3) is 2.72. The Balaban J connectivity index is 2.25. The van der Waals surface area contributed by atoms with Gasteiger partial charge in [0.15, 0.2) is 5.78 Å². The number of Topliss-reactive ketones (excluding diaryl/α,β-unsaturated/α-hetero) is 1. The molecule has 0 bridgehead atoms. The van der Waals surface area contributed by atoms with Crippen LogP contribution in [0, 0.1) is 5.92 Å². The van der Waals surface area contributed by atoms with Gasteiger partial charge in [-0.05, 0) is 36.8 Å². The van der Waals surface area contributed by atoms with Gasteiger partial charge in [0.1, 0.15) is 5.75 Å². The van der Waals surface area contributed by atoms with E-state index in [0.717, 1.165) is 24.2 Å². The highest BCUT2D eigenvalue weighted by molar-refractivity contribution is 6.02. The van der Waals surface area contributed by atoms with Crippen LogP contribution in [0.3, 0.4) is 0 Å². The van der Waals surface area contributed by atoms with Gasteiger partial charge in [0.2, 0.25) is 0 Å². The largest absolute Gasteiger partial charge is 0.493 e. The predicted molar refractivity (Wildman–Crippen MR) is 72.0 cm³/mol. The van der Waals surface area contributed by atoms with Crippen LogP contribution in [0.4, 0.5) is 0 Å². The van der Waals surface area contributed by atoms with Crippen molar-refractivity contribution in [2.75, 3.05) is 6.61 Å². The first-order chi connectivity index (χ1) is 8.59. The molecule has 0 aliphatic carbocycles. The Bertz CT molecular complexity index is 440. The third-order valence-corrected chi connectivity index (χ3v) is 3.26. The highest BCUT2D eigenvalue weighted by Gasteiger charge is 2.23. The maximum atomic E-state index is 12.3. The highest BCUT2D eigenvalue weighted by Crippen LogP contribution is 2.30. The van der Waals surface area contributed by atoms with Gasteiger partial charge < -0.3 is 10.5 Å². The van der Waals surface area contributed by atoms with E-state index in [1.165, 1.54) is 0 Å². The minimum atomic E-state index is -0.429. The van der Waals surface area contributed by atoms with Crippen molar-refractivity contribution in [2.45, 2.75) is 39.2 Å². The standard InChI is InChI=1S/C15H21NO2/c1-10(2)9-13(16)14(17)12-7-3-5-11-6-4-8-18-15(11)12/h3,5,7,10,13H,4,6,8-9,16H2,1-2H3. The van der Waals surface area contributed by atoms with Gasteiger partial charge in [0.25, 0.3) is 0 Å². The van der Waals surface area contributed by atoms with Crippen LogP contribution in [0.1, 0.15) is 42.6 Å². The first kappa shape index (κ1) is 13.1. The number of benzene rings is 1. The van der Waals surface area contributed by atoms with Gasteiger partial charge in [-0.2, -0.15) is 0 Å². The van der Waals surface area contributed by atoms with E-state index in [2.05, 4.69) is 13.8 Å². The zero-order chi connectivity index (χ0) is 13.1. The second-order valence-electron chi connectivity index (χ2n) is 5.35. The zero-order valence-electron chi connectivity index (χ0n) is 11.1. The molecule has 1 heterocycles. The van der Waals surface area contributed by atoms with Crippen LogP contribution in [-0.2, 0) is 6.42 Å². The lowest BCUT2D eigenvalue weighted by atomic mass is 9.93. The number of carbonyl (C=O) groups is 1. The molecular weight excluding hydrogens is 226 g/mol. The molecule has 0 radical (unpaired) electrons. The Kier molecular flexibility index (Phi) is 4.02. The van der Waals surface area contributed by atoms with Crippen molar-refractivity contribution in [2.24, 2.45) is 11.7 Å². The fourth-order valence-electron chi connectivity index (χ4n) is 2.40. The van der Waals surface area contributed by atoms with Gasteiger partial charge in [-0.25, -0.2) is 0 Å². The molecule has 1 unspecified atom stereocenters. The lowest BCUT2D eigenvalue weighted by Crippen LogP contribution is -2.32. The normalized spacial score (nSPS) is 16.0. The summed E-state index contributed by atoms with van der Waals surface area (Å²) >= 11 is 0. The lowest BCUT2D eigenvalue weighted by molar-refractivity contribution is 0.0946. The fraction of sp³-hybridized carbons (Fsp3) is 0.533. The molecule has 2 N–H and O–H groups in total. The molecule has 2 rings (SSSR count). The molecule has 1 aliphatic heterocycles. The van der Waals surface area contributed by atoms with Crippen LogP contribution >= 0.6 is 0 Å². The molecule has 1 aliphatic rings. The molecule has 3 heteroatoms. The summed E-state index contributed by atoms with van der Waals surface area (Å²) in [6.45, 7) is 4.84. The molecule has 1 aromatic rings. The summed E-state index contributed by atoms with van der Waals surface area (Å²) in [5, 5.41) is 0. The maximum Gasteiger partial charge on any atom is 0.183 e. The quantitative estimate of drug-likeness (QED) is 0.832. The SMILES string of the molecule is CC(C)CC(N)C(=O)c1cccc2c1OCCC2. The second-order valence-corrected chi connectivity index (χ2v) is 5.35. The summed E-state index contributed by atoms with van der Waals surface area (Å²) in [6, 6.07) is 5.34. The first-order valence-electron chi connectivity index (χ1n) is 6.64. The number of nitrogens with two attached hydrogens (primary N) is 1. The number of rotatable bonds is 4. The first-order valence-corrected chi connectivity index (χ1v) is 6.64. The van der Waals surface area contributed by atoms with Gasteiger partial charge >= 0.3 is 0 Å². The van der Waals surface area contributed by atoms with Crippen molar-refractivity contribution in [3.63, 3.8) is 0 Å². The van der Waals surface area contributed by atoms with E-state index >= 15 is 0 Å². The van der Waals surface area contributed by atoms with Gasteiger partial charge in [0, 0.05) is 0 Å². The van der Waals surface area contributed by atoms with E-state index in [1.807, 2.05) is 18.2 Å². The van der Waals surface area contributed by atoms with Crippen LogP contribution in [0.5, 0.6) is 5.75 Å². The number of fused-ring (bicyclic) bond motifs is 1. The number of para-hydroxylation sites is 1. The minimum absolute atomic E-state index is 0.00227. The van der Waals surface area contributed by atoms with E-state index in [9.17, 15) is 4.79 Å². The van der Waals surface area contributed by atoms with Crippen molar-refractivity contribution in [1.29, 1.82) is 0 Å². The molecule has 0 fully saturated rings. The van der Waals surface area contributed by atoms with Gasteiger partial charge in [-0.15, -0.1) is 0 Å². The average Bonchev–Trinajstić information content (AvgIpc) is 2.36. The van der Waals surface area contributed by atoms with E-state index in [1.54, 1.807) is 0 Å².